The Morgan fingerprint density at radius 3 is 1.37 bits per heavy atom. The molecule has 0 aromatic heterocycles. The zero-order chi connectivity index (χ0) is 26.7. The van der Waals surface area contributed by atoms with Gasteiger partial charge in [0.15, 0.2) is 0 Å². The summed E-state index contributed by atoms with van der Waals surface area (Å²) in [5.74, 6) is 0. The summed E-state index contributed by atoms with van der Waals surface area (Å²) in [6, 6.07) is 0. The van der Waals surface area contributed by atoms with Crippen LogP contribution in [0.1, 0.15) is 122 Å². The first kappa shape index (κ1) is 37.1. The van der Waals surface area contributed by atoms with Gasteiger partial charge in [0.25, 0.3) is 0 Å². The molecule has 0 fully saturated rings. The Kier molecular flexibility index (Phi) is 28.7. The van der Waals surface area contributed by atoms with Crippen LogP contribution in [0.3, 0.4) is 0 Å². The van der Waals surface area contributed by atoms with Gasteiger partial charge in [-0.25, -0.2) is 4.57 Å². The lowest BCUT2D eigenvalue weighted by Gasteiger charge is -2.23. The highest BCUT2D eigenvalue weighted by Gasteiger charge is 2.16. The van der Waals surface area contributed by atoms with E-state index < -0.39 is 7.82 Å². The predicted octanol–water partition coefficient (Wildman–Crippen LogP) is 6.41. The third kappa shape index (κ3) is 41.4. The third-order valence-electron chi connectivity index (χ3n) is 5.99. The van der Waals surface area contributed by atoms with E-state index in [0.717, 1.165) is 25.9 Å². The fourth-order valence-electron chi connectivity index (χ4n) is 3.72. The zero-order valence-electron chi connectivity index (χ0n) is 23.8. The minimum absolute atomic E-state index is 0.0772. The van der Waals surface area contributed by atoms with Crippen molar-refractivity contribution in [3.05, 3.63) is 0 Å². The van der Waals surface area contributed by atoms with Gasteiger partial charge in [0.05, 0.1) is 21.1 Å². The molecule has 0 bridgehead atoms. The molecule has 214 valence electrons. The van der Waals surface area contributed by atoms with Gasteiger partial charge in [0, 0.05) is 6.61 Å². The Morgan fingerprint density at radius 2 is 1.03 bits per heavy atom. The molecule has 0 spiro atoms. The largest absolute Gasteiger partial charge is 0.469 e. The smallest absolute Gasteiger partial charge is 0.396 e. The number of hydrogen-bond acceptors (Lipinski definition) is 4. The number of aliphatic hydroxyl groups is 1. The van der Waals surface area contributed by atoms with Gasteiger partial charge < -0.3 is 24.7 Å². The van der Waals surface area contributed by atoms with Crippen LogP contribution in [0.4, 0.5) is 0 Å². The molecule has 0 unspecified atom stereocenters. The minimum atomic E-state index is -4.26. The van der Waals surface area contributed by atoms with E-state index >= 15 is 0 Å². The maximum absolute atomic E-state index is 10.2. The van der Waals surface area contributed by atoms with Crippen LogP contribution in [-0.2, 0) is 9.09 Å². The van der Waals surface area contributed by atoms with E-state index in [0.29, 0.717) is 17.6 Å². The van der Waals surface area contributed by atoms with Crippen molar-refractivity contribution in [3.8, 4) is 0 Å². The Labute approximate surface area is 218 Å². The van der Waals surface area contributed by atoms with Gasteiger partial charge in [-0.15, -0.1) is 0 Å². The van der Waals surface area contributed by atoms with Crippen LogP contribution in [0.15, 0.2) is 0 Å². The number of nitrogens with zero attached hydrogens (tertiary/aromatic N) is 1. The van der Waals surface area contributed by atoms with Crippen LogP contribution in [0.5, 0.6) is 0 Å². The second-order valence-corrected chi connectivity index (χ2v) is 12.1. The molecule has 0 aromatic rings. The number of hydrogen-bond donors (Lipinski definition) is 4. The molecule has 0 heterocycles. The van der Waals surface area contributed by atoms with Gasteiger partial charge in [0.2, 0.25) is 0 Å². The zero-order valence-corrected chi connectivity index (χ0v) is 24.7. The molecular weight excluding hydrogens is 463 g/mol. The Hall–Kier alpha value is -0.0100. The molecule has 0 saturated heterocycles. The summed E-state index contributed by atoms with van der Waals surface area (Å²) in [6.07, 6.45) is 25.0. The van der Waals surface area contributed by atoms with E-state index in [2.05, 4.69) is 16.8 Å². The molecule has 7 nitrogen and oxygen atoms in total. The molecule has 0 rings (SSSR count). The van der Waals surface area contributed by atoms with Crippen LogP contribution in [0, 0.1) is 0 Å². The lowest BCUT2D eigenvalue weighted by atomic mass is 10.0. The second kappa shape index (κ2) is 27.0. The Morgan fingerprint density at radius 1 is 0.657 bits per heavy atom. The maximum Gasteiger partial charge on any atom is 0.469 e. The lowest BCUT2D eigenvalue weighted by Crippen LogP contribution is -2.37. The van der Waals surface area contributed by atoms with Crippen LogP contribution in [-0.4, -0.2) is 73.4 Å². The van der Waals surface area contributed by atoms with E-state index in [9.17, 15) is 4.57 Å². The summed E-state index contributed by atoms with van der Waals surface area (Å²) in [4.78, 5) is 16.6. The highest BCUT2D eigenvalue weighted by molar-refractivity contribution is 7.46. The van der Waals surface area contributed by atoms with Crippen molar-refractivity contribution in [1.29, 1.82) is 0 Å². The summed E-state index contributed by atoms with van der Waals surface area (Å²) in [6.45, 7) is 5.50. The summed E-state index contributed by atoms with van der Waals surface area (Å²) in [5, 5.41) is 12.1. The fourth-order valence-corrected chi connectivity index (χ4v) is 4.04. The van der Waals surface area contributed by atoms with Gasteiger partial charge in [-0.1, -0.05) is 103 Å². The van der Waals surface area contributed by atoms with Crippen LogP contribution < -0.4 is 5.32 Å². The maximum atomic E-state index is 10.2. The molecule has 0 aromatic carbocycles. The monoisotopic (exact) mass is 525 g/mol. The Balaban J connectivity index is 0. The van der Waals surface area contributed by atoms with Crippen LogP contribution >= 0.6 is 7.82 Å². The fraction of sp³-hybridized carbons (Fsp3) is 1.00. The number of aliphatic hydroxyl groups excluding tert-OH is 1. The SMILES string of the molecule is CCCCCCCCCCCCCCCCCCNCCCCO.C[N+](C)(C)CCOP(=O)(O)O. The van der Waals surface area contributed by atoms with Gasteiger partial charge in [-0.2, -0.15) is 0 Å². The van der Waals surface area contributed by atoms with Crippen molar-refractivity contribution in [3.63, 3.8) is 0 Å². The highest BCUT2D eigenvalue weighted by Crippen LogP contribution is 2.35. The van der Waals surface area contributed by atoms with Crippen LogP contribution in [0.2, 0.25) is 0 Å². The Bertz CT molecular complexity index is 433. The second-order valence-electron chi connectivity index (χ2n) is 10.8. The van der Waals surface area contributed by atoms with Crippen molar-refractivity contribution >= 4 is 7.82 Å². The normalized spacial score (nSPS) is 12.0. The van der Waals surface area contributed by atoms with Gasteiger partial charge in [0.1, 0.15) is 13.2 Å². The molecule has 4 N–H and O–H groups in total. The molecule has 0 radical (unpaired) electrons. The first-order valence-electron chi connectivity index (χ1n) is 14.4. The van der Waals surface area contributed by atoms with E-state index in [1.807, 2.05) is 21.1 Å². The molecule has 0 aliphatic carbocycles. The number of quaternary nitrogens is 1. The van der Waals surface area contributed by atoms with Crippen LogP contribution in [0.25, 0.3) is 0 Å². The number of rotatable bonds is 25. The summed E-state index contributed by atoms with van der Waals surface area (Å²) in [5.41, 5.74) is 0. The molecule has 0 aliphatic rings. The first-order valence-corrected chi connectivity index (χ1v) is 16.0. The highest BCUT2D eigenvalue weighted by atomic mass is 31.2. The average molecular weight is 526 g/mol. The molecular formula is C27H62N2O5P+. The molecule has 0 amide bonds. The van der Waals surface area contributed by atoms with Gasteiger partial charge >= 0.3 is 7.82 Å². The first-order chi connectivity index (χ1) is 16.6. The number of phosphoric ester groups is 1. The van der Waals surface area contributed by atoms with Gasteiger partial charge in [-0.3, -0.25) is 4.52 Å². The van der Waals surface area contributed by atoms with Crippen molar-refractivity contribution < 1.29 is 28.5 Å². The standard InChI is InChI=1S/C22H47NO.C5H14NO4P/c1-2-3-4-5-6-7-8-9-10-11-12-13-14-15-16-17-20-23-21-18-19-22-24;1-6(2,3)4-5-10-11(7,8)9/h23-24H,2-22H2,1H3;4-5H2,1-3H3,(H-,7,8,9)/p+1. The quantitative estimate of drug-likeness (QED) is 0.0624. The van der Waals surface area contributed by atoms with E-state index in [-0.39, 0.29) is 6.61 Å². The molecule has 35 heavy (non-hydrogen) atoms. The molecule has 0 atom stereocenters. The predicted molar refractivity (Wildman–Crippen MR) is 150 cm³/mol. The number of unbranched alkanes of at least 4 members (excludes halogenated alkanes) is 16. The third-order valence-corrected chi connectivity index (χ3v) is 6.51. The van der Waals surface area contributed by atoms with E-state index in [1.165, 1.54) is 103 Å². The number of likely N-dealkylation sites (N-methyl/N-ethyl adjacent to an activating group) is 1. The van der Waals surface area contributed by atoms with Crippen molar-refractivity contribution in [1.82, 2.24) is 5.32 Å². The van der Waals surface area contributed by atoms with Crippen molar-refractivity contribution in [2.24, 2.45) is 0 Å². The average Bonchev–Trinajstić information content (AvgIpc) is 2.76. The van der Waals surface area contributed by atoms with E-state index in [4.69, 9.17) is 14.9 Å². The van der Waals surface area contributed by atoms with Crippen molar-refractivity contribution in [2.75, 3.05) is 54.0 Å². The summed E-state index contributed by atoms with van der Waals surface area (Å²) in [7, 11) is 1.50. The molecule has 0 saturated carbocycles. The molecule has 0 aliphatic heterocycles. The molecule has 8 heteroatoms. The summed E-state index contributed by atoms with van der Waals surface area (Å²) >= 11 is 0. The van der Waals surface area contributed by atoms with Gasteiger partial charge in [-0.05, 0) is 32.4 Å². The number of nitrogens with one attached hydrogen (secondary N) is 1. The summed E-state index contributed by atoms with van der Waals surface area (Å²) < 4.78 is 15.1. The topological polar surface area (TPSA) is 99.0 Å². The van der Waals surface area contributed by atoms with Crippen molar-refractivity contribution in [2.45, 2.75) is 122 Å². The van der Waals surface area contributed by atoms with E-state index in [1.54, 1.807) is 0 Å². The minimum Gasteiger partial charge on any atom is -0.396 e. The lowest BCUT2D eigenvalue weighted by molar-refractivity contribution is -0.870. The number of phosphoric acid groups is 1.